The molecular weight excluding hydrogens is 402 g/mol. The first-order valence-electron chi connectivity index (χ1n) is 10.7. The van der Waals surface area contributed by atoms with Gasteiger partial charge in [-0.15, -0.1) is 0 Å². The van der Waals surface area contributed by atoms with Crippen LogP contribution in [0.5, 0.6) is 0 Å². The fourth-order valence-electron chi connectivity index (χ4n) is 3.90. The molecule has 0 fully saturated rings. The number of amides is 1. The Kier molecular flexibility index (Phi) is 5.65. The lowest BCUT2D eigenvalue weighted by Gasteiger charge is -2.12. The lowest BCUT2D eigenvalue weighted by atomic mass is 10.0. The fourth-order valence-corrected chi connectivity index (χ4v) is 3.90. The fraction of sp³-hybridized carbons (Fsp3) is 0.280. The molecule has 0 saturated heterocycles. The van der Waals surface area contributed by atoms with Gasteiger partial charge < -0.3 is 10.3 Å². The number of nitrogens with one attached hydrogen (secondary N) is 2. The van der Waals surface area contributed by atoms with Gasteiger partial charge in [0.1, 0.15) is 0 Å². The summed E-state index contributed by atoms with van der Waals surface area (Å²) in [6.45, 7) is 9.93. The number of hydrogen-bond acceptors (Lipinski definition) is 4. The van der Waals surface area contributed by atoms with Crippen LogP contribution in [0.1, 0.15) is 52.6 Å². The summed E-state index contributed by atoms with van der Waals surface area (Å²) >= 11 is 0. The summed E-state index contributed by atoms with van der Waals surface area (Å²) in [6, 6.07) is 11.8. The number of carbonyl (C=O) groups excluding carboxylic acids is 1. The molecule has 4 rings (SSSR count). The van der Waals surface area contributed by atoms with E-state index in [0.29, 0.717) is 27.9 Å². The van der Waals surface area contributed by atoms with Crippen molar-refractivity contribution >= 4 is 16.9 Å². The maximum atomic E-state index is 13.3. The number of rotatable bonds is 5. The highest BCUT2D eigenvalue weighted by Crippen LogP contribution is 2.27. The molecule has 0 unspecified atom stereocenters. The molecule has 1 amide bonds. The van der Waals surface area contributed by atoms with E-state index in [-0.39, 0.29) is 24.1 Å². The number of carbonyl (C=O) groups is 1. The maximum Gasteiger partial charge on any atom is 0.253 e. The van der Waals surface area contributed by atoms with Crippen molar-refractivity contribution in [1.29, 1.82) is 0 Å². The molecular formula is C25H27N5O2. The normalized spacial score (nSPS) is 11.3. The van der Waals surface area contributed by atoms with Crippen LogP contribution in [0.4, 0.5) is 0 Å². The molecule has 0 aliphatic rings. The average Bonchev–Trinajstić information content (AvgIpc) is 3.16. The van der Waals surface area contributed by atoms with Gasteiger partial charge in [0.05, 0.1) is 22.8 Å². The number of aryl methyl sites for hydroxylation is 3. The second kappa shape index (κ2) is 8.42. The lowest BCUT2D eigenvalue weighted by molar-refractivity contribution is 0.0952. The largest absolute Gasteiger partial charge is 0.348 e. The van der Waals surface area contributed by atoms with Gasteiger partial charge in [0.2, 0.25) is 0 Å². The molecule has 164 valence electrons. The Labute approximate surface area is 186 Å². The van der Waals surface area contributed by atoms with Crippen LogP contribution >= 0.6 is 0 Å². The van der Waals surface area contributed by atoms with Crippen LogP contribution in [0.3, 0.4) is 0 Å². The van der Waals surface area contributed by atoms with Gasteiger partial charge in [-0.3, -0.25) is 9.59 Å². The third-order valence-corrected chi connectivity index (χ3v) is 5.53. The van der Waals surface area contributed by atoms with Gasteiger partial charge in [-0.05, 0) is 58.4 Å². The van der Waals surface area contributed by atoms with Crippen molar-refractivity contribution in [1.82, 2.24) is 25.1 Å². The van der Waals surface area contributed by atoms with Crippen molar-refractivity contribution in [2.75, 3.05) is 0 Å². The van der Waals surface area contributed by atoms with Crippen LogP contribution in [0, 0.1) is 20.8 Å². The zero-order valence-electron chi connectivity index (χ0n) is 19.0. The molecule has 7 heteroatoms. The zero-order valence-corrected chi connectivity index (χ0v) is 19.0. The molecule has 32 heavy (non-hydrogen) atoms. The van der Waals surface area contributed by atoms with Gasteiger partial charge in [0.25, 0.3) is 11.5 Å². The summed E-state index contributed by atoms with van der Waals surface area (Å²) in [6.07, 6.45) is 1.68. The number of aromatic amines is 1. The Hall–Kier alpha value is -3.74. The van der Waals surface area contributed by atoms with Crippen molar-refractivity contribution < 1.29 is 4.79 Å². The van der Waals surface area contributed by atoms with Crippen LogP contribution in [0.2, 0.25) is 0 Å². The van der Waals surface area contributed by atoms with Gasteiger partial charge in [-0.1, -0.05) is 23.8 Å². The quantitative estimate of drug-likeness (QED) is 0.497. The highest BCUT2D eigenvalue weighted by Gasteiger charge is 2.19. The van der Waals surface area contributed by atoms with E-state index in [4.69, 9.17) is 4.98 Å². The SMILES string of the molecule is Cc1cccc(-c2cc(C(=O)NCc3c(C)cc(C)[nH]c3=O)c3cnn(C(C)C)c3n2)c1. The molecule has 4 aromatic rings. The number of aromatic nitrogens is 4. The molecule has 0 aliphatic heterocycles. The van der Waals surface area contributed by atoms with Crippen molar-refractivity contribution in [3.8, 4) is 11.3 Å². The Morgan fingerprint density at radius 1 is 1.16 bits per heavy atom. The van der Waals surface area contributed by atoms with Gasteiger partial charge in [0.15, 0.2) is 5.65 Å². The van der Waals surface area contributed by atoms with Crippen LogP contribution in [-0.4, -0.2) is 25.7 Å². The van der Waals surface area contributed by atoms with Crippen molar-refractivity contribution in [3.05, 3.63) is 80.9 Å². The van der Waals surface area contributed by atoms with E-state index in [0.717, 1.165) is 22.4 Å². The first kappa shape index (κ1) is 21.5. The Morgan fingerprint density at radius 3 is 2.62 bits per heavy atom. The van der Waals surface area contributed by atoms with Crippen LogP contribution in [0.25, 0.3) is 22.3 Å². The van der Waals surface area contributed by atoms with Crippen molar-refractivity contribution in [3.63, 3.8) is 0 Å². The number of hydrogen-bond donors (Lipinski definition) is 2. The number of pyridine rings is 2. The van der Waals surface area contributed by atoms with E-state index >= 15 is 0 Å². The van der Waals surface area contributed by atoms with E-state index in [2.05, 4.69) is 15.4 Å². The molecule has 0 bridgehead atoms. The summed E-state index contributed by atoms with van der Waals surface area (Å²) in [5.74, 6) is -0.269. The van der Waals surface area contributed by atoms with E-state index in [9.17, 15) is 9.59 Å². The van der Waals surface area contributed by atoms with E-state index in [1.165, 1.54) is 0 Å². The second-order valence-corrected chi connectivity index (χ2v) is 8.47. The molecule has 7 nitrogen and oxygen atoms in total. The number of fused-ring (bicyclic) bond motifs is 1. The zero-order chi connectivity index (χ0) is 23.0. The van der Waals surface area contributed by atoms with Crippen molar-refractivity contribution in [2.45, 2.75) is 47.2 Å². The minimum absolute atomic E-state index is 0.0948. The molecule has 3 aromatic heterocycles. The van der Waals surface area contributed by atoms with Gasteiger partial charge in [0, 0.05) is 29.4 Å². The third-order valence-electron chi connectivity index (χ3n) is 5.53. The minimum Gasteiger partial charge on any atom is -0.348 e. The predicted molar refractivity (Wildman–Crippen MR) is 126 cm³/mol. The molecule has 2 N–H and O–H groups in total. The lowest BCUT2D eigenvalue weighted by Crippen LogP contribution is -2.28. The maximum absolute atomic E-state index is 13.3. The van der Waals surface area contributed by atoms with Crippen LogP contribution in [-0.2, 0) is 6.54 Å². The Balaban J connectivity index is 1.77. The van der Waals surface area contributed by atoms with Gasteiger partial charge in [-0.2, -0.15) is 5.10 Å². The van der Waals surface area contributed by atoms with E-state index < -0.39 is 0 Å². The van der Waals surface area contributed by atoms with Crippen molar-refractivity contribution in [2.24, 2.45) is 0 Å². The summed E-state index contributed by atoms with van der Waals surface area (Å²) in [5.41, 5.74) is 5.90. The summed E-state index contributed by atoms with van der Waals surface area (Å²) < 4.78 is 1.82. The standard InChI is InChI=1S/C25H27N5O2/c1-14(2)30-23-21(13-27-30)19(11-22(29-23)18-8-6-7-15(3)9-18)24(31)26-12-20-16(4)10-17(5)28-25(20)32/h6-11,13-14H,12H2,1-5H3,(H,26,31)(H,28,32). The van der Waals surface area contributed by atoms with Gasteiger partial charge >= 0.3 is 0 Å². The predicted octanol–water partition coefficient (Wildman–Crippen LogP) is 4.22. The molecule has 1 aromatic carbocycles. The molecule has 0 saturated carbocycles. The second-order valence-electron chi connectivity index (χ2n) is 8.47. The highest BCUT2D eigenvalue weighted by atomic mass is 16.1. The average molecular weight is 430 g/mol. The van der Waals surface area contributed by atoms with Crippen LogP contribution in [0.15, 0.2) is 47.4 Å². The summed E-state index contributed by atoms with van der Waals surface area (Å²) in [4.78, 5) is 33.2. The van der Waals surface area contributed by atoms with Gasteiger partial charge in [-0.25, -0.2) is 9.67 Å². The number of H-pyrrole nitrogens is 1. The number of nitrogens with zero attached hydrogens (tertiary/aromatic N) is 3. The Morgan fingerprint density at radius 2 is 1.94 bits per heavy atom. The highest BCUT2D eigenvalue weighted by molar-refractivity contribution is 6.06. The monoisotopic (exact) mass is 429 g/mol. The third kappa shape index (κ3) is 4.06. The number of benzene rings is 1. The molecule has 0 spiro atoms. The minimum atomic E-state index is -0.269. The Bertz CT molecular complexity index is 1380. The first-order valence-corrected chi connectivity index (χ1v) is 10.7. The van der Waals surface area contributed by atoms with Crippen LogP contribution < -0.4 is 10.9 Å². The van der Waals surface area contributed by atoms with E-state index in [1.807, 2.05) is 69.6 Å². The molecule has 0 radical (unpaired) electrons. The first-order chi connectivity index (χ1) is 15.2. The smallest absolute Gasteiger partial charge is 0.253 e. The molecule has 0 aliphatic carbocycles. The molecule has 3 heterocycles. The summed E-state index contributed by atoms with van der Waals surface area (Å²) in [7, 11) is 0. The van der Waals surface area contributed by atoms with E-state index in [1.54, 1.807) is 12.3 Å². The molecule has 0 atom stereocenters. The topological polar surface area (TPSA) is 92.7 Å². The summed E-state index contributed by atoms with van der Waals surface area (Å²) in [5, 5.41) is 8.06.